The molecule has 3 amide bonds. The second-order valence-corrected chi connectivity index (χ2v) is 7.31. The van der Waals surface area contributed by atoms with Gasteiger partial charge in [-0.1, -0.05) is 36.4 Å². The maximum atomic E-state index is 12.5. The lowest BCUT2D eigenvalue weighted by molar-refractivity contribution is -0.385. The summed E-state index contributed by atoms with van der Waals surface area (Å²) in [5.74, 6) is -3.27. The summed E-state index contributed by atoms with van der Waals surface area (Å²) in [6.07, 6.45) is 1.46. The second kappa shape index (κ2) is 9.82. The van der Waals surface area contributed by atoms with Crippen molar-refractivity contribution in [3.63, 3.8) is 0 Å². The van der Waals surface area contributed by atoms with E-state index in [2.05, 4.69) is 5.32 Å². The molecule has 0 aliphatic carbocycles. The highest BCUT2D eigenvalue weighted by Gasteiger charge is 2.41. The molecule has 0 aromatic heterocycles. The fourth-order valence-corrected chi connectivity index (χ4v) is 3.35. The van der Waals surface area contributed by atoms with E-state index in [1.807, 2.05) is 37.3 Å². The van der Waals surface area contributed by atoms with Crippen molar-refractivity contribution in [2.45, 2.75) is 25.8 Å². The third-order valence-corrected chi connectivity index (χ3v) is 4.94. The van der Waals surface area contributed by atoms with E-state index in [4.69, 9.17) is 4.74 Å². The van der Waals surface area contributed by atoms with Crippen LogP contribution < -0.4 is 5.32 Å². The van der Waals surface area contributed by atoms with Crippen molar-refractivity contribution in [2.24, 2.45) is 0 Å². The topological polar surface area (TPSA) is 136 Å². The molecule has 1 atom stereocenters. The highest BCUT2D eigenvalue weighted by atomic mass is 16.6. The number of imide groups is 1. The van der Waals surface area contributed by atoms with Crippen LogP contribution in [0.4, 0.5) is 5.69 Å². The number of ether oxygens (including phenoxy) is 1. The highest BCUT2D eigenvalue weighted by molar-refractivity contribution is 6.24. The molecular weight excluding hydrogens is 418 g/mol. The first kappa shape index (κ1) is 22.6. The predicted molar refractivity (Wildman–Crippen MR) is 112 cm³/mol. The zero-order chi connectivity index (χ0) is 23.3. The minimum Gasteiger partial charge on any atom is -0.454 e. The SMILES string of the molecule is CC(CCc1ccccc1)NC(=O)COC(=O)CN1C(=O)c2cccc([N+](=O)[O-])c2C1=O. The van der Waals surface area contributed by atoms with E-state index < -0.39 is 47.5 Å². The third kappa shape index (κ3) is 5.15. The van der Waals surface area contributed by atoms with Crippen LogP contribution in [0.15, 0.2) is 48.5 Å². The Balaban J connectivity index is 1.48. The Bertz CT molecular complexity index is 1070. The molecule has 2 aromatic rings. The molecule has 0 spiro atoms. The number of nitrogens with zero attached hydrogens (tertiary/aromatic N) is 2. The lowest BCUT2D eigenvalue weighted by Crippen LogP contribution is -2.39. The van der Waals surface area contributed by atoms with Crippen LogP contribution in [0.5, 0.6) is 0 Å². The van der Waals surface area contributed by atoms with Gasteiger partial charge in [-0.15, -0.1) is 0 Å². The van der Waals surface area contributed by atoms with Gasteiger partial charge < -0.3 is 10.1 Å². The van der Waals surface area contributed by atoms with Gasteiger partial charge in [-0.2, -0.15) is 0 Å². The molecule has 1 aliphatic rings. The molecule has 166 valence electrons. The van der Waals surface area contributed by atoms with Crippen molar-refractivity contribution < 1.29 is 28.8 Å². The lowest BCUT2D eigenvalue weighted by atomic mass is 10.1. The van der Waals surface area contributed by atoms with Gasteiger partial charge in [-0.3, -0.25) is 34.2 Å². The molecule has 0 fully saturated rings. The van der Waals surface area contributed by atoms with Crippen LogP contribution in [0.3, 0.4) is 0 Å². The molecule has 1 aliphatic heterocycles. The summed E-state index contributed by atoms with van der Waals surface area (Å²) in [4.78, 5) is 59.9. The van der Waals surface area contributed by atoms with E-state index in [1.165, 1.54) is 12.1 Å². The van der Waals surface area contributed by atoms with Crippen molar-refractivity contribution in [1.82, 2.24) is 10.2 Å². The minimum absolute atomic E-state index is 0.151. The average Bonchev–Trinajstić information content (AvgIpc) is 3.02. The quantitative estimate of drug-likeness (QED) is 0.273. The van der Waals surface area contributed by atoms with Crippen molar-refractivity contribution >= 4 is 29.4 Å². The number of benzene rings is 2. The monoisotopic (exact) mass is 439 g/mol. The van der Waals surface area contributed by atoms with Crippen LogP contribution in [0.2, 0.25) is 0 Å². The molecular formula is C22H21N3O7. The summed E-state index contributed by atoms with van der Waals surface area (Å²) < 4.78 is 4.87. The summed E-state index contributed by atoms with van der Waals surface area (Å²) >= 11 is 0. The molecule has 1 unspecified atom stereocenters. The van der Waals surface area contributed by atoms with E-state index in [0.29, 0.717) is 11.3 Å². The van der Waals surface area contributed by atoms with Gasteiger partial charge in [0.15, 0.2) is 6.61 Å². The van der Waals surface area contributed by atoms with E-state index in [0.717, 1.165) is 18.1 Å². The van der Waals surface area contributed by atoms with Gasteiger partial charge in [0.1, 0.15) is 12.1 Å². The van der Waals surface area contributed by atoms with Crippen LogP contribution in [-0.4, -0.2) is 52.7 Å². The van der Waals surface area contributed by atoms with Gasteiger partial charge in [0.05, 0.1) is 10.5 Å². The molecule has 1 N–H and O–H groups in total. The fourth-order valence-electron chi connectivity index (χ4n) is 3.35. The average molecular weight is 439 g/mol. The van der Waals surface area contributed by atoms with Gasteiger partial charge in [0, 0.05) is 12.1 Å². The maximum absolute atomic E-state index is 12.5. The molecule has 0 bridgehead atoms. The Hall–Kier alpha value is -4.08. The number of carbonyl (C=O) groups is 4. The number of nitro groups is 1. The van der Waals surface area contributed by atoms with Crippen molar-refractivity contribution in [1.29, 1.82) is 0 Å². The number of hydrogen-bond donors (Lipinski definition) is 1. The highest BCUT2D eigenvalue weighted by Crippen LogP contribution is 2.30. The number of carbonyl (C=O) groups excluding carboxylic acids is 4. The maximum Gasteiger partial charge on any atom is 0.326 e. The third-order valence-electron chi connectivity index (χ3n) is 4.94. The number of rotatable bonds is 9. The number of nitro benzene ring substituents is 1. The number of esters is 1. The Morgan fingerprint density at radius 3 is 2.50 bits per heavy atom. The van der Waals surface area contributed by atoms with Gasteiger partial charge in [0.2, 0.25) is 0 Å². The molecule has 10 nitrogen and oxygen atoms in total. The Kier molecular flexibility index (Phi) is 6.93. The van der Waals surface area contributed by atoms with Crippen molar-refractivity contribution in [2.75, 3.05) is 13.2 Å². The number of amides is 3. The number of hydrogen-bond acceptors (Lipinski definition) is 7. The summed E-state index contributed by atoms with van der Waals surface area (Å²) in [6.45, 7) is 0.506. The van der Waals surface area contributed by atoms with E-state index in [-0.39, 0.29) is 17.2 Å². The summed E-state index contributed by atoms with van der Waals surface area (Å²) in [5.41, 5.74) is 0.115. The van der Waals surface area contributed by atoms with Crippen molar-refractivity contribution in [3.05, 3.63) is 75.3 Å². The molecule has 0 saturated heterocycles. The number of aryl methyl sites for hydroxylation is 1. The van der Waals surface area contributed by atoms with Crippen LogP contribution >= 0.6 is 0 Å². The van der Waals surface area contributed by atoms with E-state index in [9.17, 15) is 29.3 Å². The smallest absolute Gasteiger partial charge is 0.326 e. The summed E-state index contributed by atoms with van der Waals surface area (Å²) in [5, 5.41) is 13.8. The fraction of sp³-hybridized carbons (Fsp3) is 0.273. The summed E-state index contributed by atoms with van der Waals surface area (Å²) in [6, 6.07) is 13.3. The zero-order valence-electron chi connectivity index (χ0n) is 17.3. The Labute approximate surface area is 183 Å². The normalized spacial score (nSPS) is 13.5. The van der Waals surface area contributed by atoms with Crippen LogP contribution in [0.25, 0.3) is 0 Å². The van der Waals surface area contributed by atoms with E-state index >= 15 is 0 Å². The van der Waals surface area contributed by atoms with Crippen LogP contribution in [-0.2, 0) is 20.7 Å². The van der Waals surface area contributed by atoms with Gasteiger partial charge in [0.25, 0.3) is 23.4 Å². The van der Waals surface area contributed by atoms with Gasteiger partial charge >= 0.3 is 5.97 Å². The minimum atomic E-state index is -0.978. The van der Waals surface area contributed by atoms with Crippen LogP contribution in [0.1, 0.15) is 39.6 Å². The molecule has 2 aromatic carbocycles. The lowest BCUT2D eigenvalue weighted by Gasteiger charge is -2.15. The molecule has 0 saturated carbocycles. The molecule has 1 heterocycles. The summed E-state index contributed by atoms with van der Waals surface area (Å²) in [7, 11) is 0. The number of fused-ring (bicyclic) bond motifs is 1. The predicted octanol–water partition coefficient (Wildman–Crippen LogP) is 1.87. The van der Waals surface area contributed by atoms with Gasteiger partial charge in [-0.25, -0.2) is 0 Å². The van der Waals surface area contributed by atoms with Gasteiger partial charge in [-0.05, 0) is 31.4 Å². The number of nitrogens with one attached hydrogen (secondary N) is 1. The largest absolute Gasteiger partial charge is 0.454 e. The molecule has 10 heteroatoms. The first-order valence-corrected chi connectivity index (χ1v) is 9.90. The first-order chi connectivity index (χ1) is 15.3. The standard InChI is InChI=1S/C22H21N3O7/c1-14(10-11-15-6-3-2-4-7-15)23-18(26)13-32-19(27)12-24-21(28)16-8-5-9-17(25(30)31)20(16)22(24)29/h2-9,14H,10-13H2,1H3,(H,23,26). The van der Waals surface area contributed by atoms with Crippen molar-refractivity contribution in [3.8, 4) is 0 Å². The Morgan fingerprint density at radius 1 is 1.09 bits per heavy atom. The molecule has 0 radical (unpaired) electrons. The zero-order valence-corrected chi connectivity index (χ0v) is 17.3. The second-order valence-electron chi connectivity index (χ2n) is 7.31. The Morgan fingerprint density at radius 2 is 1.81 bits per heavy atom. The molecule has 32 heavy (non-hydrogen) atoms. The van der Waals surface area contributed by atoms with E-state index in [1.54, 1.807) is 0 Å². The van der Waals surface area contributed by atoms with Crippen LogP contribution in [0, 0.1) is 10.1 Å². The first-order valence-electron chi connectivity index (χ1n) is 9.90. The molecule has 3 rings (SSSR count).